The molecule has 2 heterocycles. The highest BCUT2D eigenvalue weighted by Crippen LogP contribution is 2.48. The van der Waals surface area contributed by atoms with Crippen LogP contribution in [0.15, 0.2) is 18.5 Å². The average molecular weight is 303 g/mol. The monoisotopic (exact) mass is 303 g/mol. The summed E-state index contributed by atoms with van der Waals surface area (Å²) in [6, 6.07) is 1.96. The Kier molecular flexibility index (Phi) is 3.38. The highest BCUT2D eigenvalue weighted by molar-refractivity contribution is 6.62. The summed E-state index contributed by atoms with van der Waals surface area (Å²) >= 11 is 0. The van der Waals surface area contributed by atoms with Crippen molar-refractivity contribution in [2.45, 2.75) is 57.2 Å². The zero-order chi connectivity index (χ0) is 16.2. The second-order valence-electron chi connectivity index (χ2n) is 7.17. The molecule has 0 atom stereocenters. The van der Waals surface area contributed by atoms with Gasteiger partial charge >= 0.3 is 13.1 Å². The fraction of sp³-hybridized carbons (Fsp3) is 0.625. The Labute approximate surface area is 131 Å². The molecule has 0 N–H and O–H groups in total. The van der Waals surface area contributed by atoms with Crippen LogP contribution in [0, 0.1) is 0 Å². The lowest BCUT2D eigenvalue weighted by atomic mass is 9.78. The standard InChI is InChI=1S/C16H22BNO4/c1-14(2)15(3,4)22-17(21-14)12-8-11(9-18-10-12)16(6-7-16)13(19)20-5/h8-10H,6-7H2,1-5H3. The van der Waals surface area contributed by atoms with Gasteiger partial charge in [0.25, 0.3) is 0 Å². The van der Waals surface area contributed by atoms with Crippen molar-refractivity contribution in [2.24, 2.45) is 0 Å². The van der Waals surface area contributed by atoms with Gasteiger partial charge in [0, 0.05) is 17.9 Å². The van der Waals surface area contributed by atoms with Gasteiger partial charge in [-0.3, -0.25) is 9.78 Å². The third-order valence-corrected chi connectivity index (χ3v) is 5.16. The maximum Gasteiger partial charge on any atom is 0.496 e. The Morgan fingerprint density at radius 1 is 1.18 bits per heavy atom. The molecule has 2 aliphatic rings. The van der Waals surface area contributed by atoms with Crippen molar-refractivity contribution in [2.75, 3.05) is 7.11 Å². The van der Waals surface area contributed by atoms with Gasteiger partial charge in [-0.2, -0.15) is 0 Å². The molecule has 1 aliphatic carbocycles. The molecule has 0 aromatic carbocycles. The summed E-state index contributed by atoms with van der Waals surface area (Å²) in [7, 11) is 0.958. The van der Waals surface area contributed by atoms with Crippen LogP contribution in [-0.2, 0) is 24.3 Å². The van der Waals surface area contributed by atoms with Crippen LogP contribution in [0.4, 0.5) is 0 Å². The first-order valence-electron chi connectivity index (χ1n) is 7.61. The van der Waals surface area contributed by atoms with E-state index in [1.54, 1.807) is 12.4 Å². The van der Waals surface area contributed by atoms with E-state index >= 15 is 0 Å². The van der Waals surface area contributed by atoms with Crippen LogP contribution in [0.5, 0.6) is 0 Å². The predicted octanol–water partition coefficient (Wildman–Crippen LogP) is 1.59. The van der Waals surface area contributed by atoms with E-state index in [2.05, 4.69) is 4.98 Å². The first kappa shape index (κ1) is 15.5. The van der Waals surface area contributed by atoms with E-state index in [4.69, 9.17) is 14.0 Å². The third-order valence-electron chi connectivity index (χ3n) is 5.16. The van der Waals surface area contributed by atoms with Crippen LogP contribution in [0.25, 0.3) is 0 Å². The molecule has 0 radical (unpaired) electrons. The van der Waals surface area contributed by atoms with Crippen molar-refractivity contribution in [3.63, 3.8) is 0 Å². The molecule has 1 aliphatic heterocycles. The van der Waals surface area contributed by atoms with Crippen LogP contribution in [-0.4, -0.2) is 36.4 Å². The SMILES string of the molecule is COC(=O)C1(c2cncc(B3OC(C)(C)C(C)(C)O3)c2)CC1. The second-order valence-corrected chi connectivity index (χ2v) is 7.17. The number of carbonyl (C=O) groups excluding carboxylic acids is 1. The van der Waals surface area contributed by atoms with Crippen LogP contribution in [0.1, 0.15) is 46.1 Å². The molecule has 6 heteroatoms. The van der Waals surface area contributed by atoms with Crippen LogP contribution in [0.3, 0.4) is 0 Å². The molecule has 2 fully saturated rings. The Balaban J connectivity index is 1.89. The quantitative estimate of drug-likeness (QED) is 0.627. The minimum atomic E-state index is -0.526. The van der Waals surface area contributed by atoms with Gasteiger partial charge in [0.15, 0.2) is 0 Å². The summed E-state index contributed by atoms with van der Waals surface area (Å²) in [6.07, 6.45) is 5.07. The number of aromatic nitrogens is 1. The zero-order valence-corrected chi connectivity index (χ0v) is 13.8. The van der Waals surface area contributed by atoms with Crippen LogP contribution >= 0.6 is 0 Å². The second kappa shape index (κ2) is 4.80. The van der Waals surface area contributed by atoms with Gasteiger partial charge in [0.05, 0.1) is 23.7 Å². The Morgan fingerprint density at radius 2 is 1.77 bits per heavy atom. The summed E-state index contributed by atoms with van der Waals surface area (Å²) in [5.41, 5.74) is 0.403. The maximum absolute atomic E-state index is 12.0. The molecule has 0 amide bonds. The zero-order valence-electron chi connectivity index (χ0n) is 13.8. The van der Waals surface area contributed by atoms with Crippen molar-refractivity contribution >= 4 is 18.6 Å². The molecule has 5 nitrogen and oxygen atoms in total. The van der Waals surface area contributed by atoms with Gasteiger partial charge < -0.3 is 14.0 Å². The fourth-order valence-electron chi connectivity index (χ4n) is 2.76. The van der Waals surface area contributed by atoms with Gasteiger partial charge in [-0.05, 0) is 46.1 Å². The first-order valence-corrected chi connectivity index (χ1v) is 7.61. The molecule has 1 saturated carbocycles. The molecule has 1 aromatic rings. The average Bonchev–Trinajstić information content (AvgIpc) is 3.23. The summed E-state index contributed by atoms with van der Waals surface area (Å²) < 4.78 is 17.0. The van der Waals surface area contributed by atoms with Crippen molar-refractivity contribution in [1.29, 1.82) is 0 Å². The number of esters is 1. The molecule has 0 unspecified atom stereocenters. The number of methoxy groups -OCH3 is 1. The lowest BCUT2D eigenvalue weighted by molar-refractivity contribution is -0.143. The predicted molar refractivity (Wildman–Crippen MR) is 82.9 cm³/mol. The van der Waals surface area contributed by atoms with E-state index in [0.717, 1.165) is 23.9 Å². The smallest absolute Gasteiger partial charge is 0.468 e. The number of hydrogen-bond donors (Lipinski definition) is 0. The number of rotatable bonds is 3. The van der Waals surface area contributed by atoms with E-state index in [0.29, 0.717) is 0 Å². The highest BCUT2D eigenvalue weighted by atomic mass is 16.7. The normalized spacial score (nSPS) is 24.1. The van der Waals surface area contributed by atoms with Gasteiger partial charge in [-0.1, -0.05) is 6.07 Å². The maximum atomic E-state index is 12.0. The highest BCUT2D eigenvalue weighted by Gasteiger charge is 2.54. The summed E-state index contributed by atoms with van der Waals surface area (Å²) in [6.45, 7) is 8.06. The lowest BCUT2D eigenvalue weighted by Crippen LogP contribution is -2.41. The van der Waals surface area contributed by atoms with Crippen LogP contribution in [0.2, 0.25) is 0 Å². The topological polar surface area (TPSA) is 57.7 Å². The van der Waals surface area contributed by atoms with Gasteiger partial charge in [0.1, 0.15) is 0 Å². The third kappa shape index (κ3) is 2.25. The Morgan fingerprint density at radius 3 is 2.27 bits per heavy atom. The lowest BCUT2D eigenvalue weighted by Gasteiger charge is -2.32. The molecular formula is C16H22BNO4. The molecule has 0 bridgehead atoms. The van der Waals surface area contributed by atoms with Crippen LogP contribution < -0.4 is 5.46 Å². The van der Waals surface area contributed by atoms with E-state index in [1.165, 1.54) is 7.11 Å². The van der Waals surface area contributed by atoms with E-state index < -0.39 is 23.7 Å². The summed E-state index contributed by atoms with van der Waals surface area (Å²) in [5.74, 6) is -0.194. The fourth-order valence-corrected chi connectivity index (χ4v) is 2.76. The molecular weight excluding hydrogens is 281 g/mol. The molecule has 1 saturated heterocycles. The minimum Gasteiger partial charge on any atom is -0.468 e. The molecule has 1 aromatic heterocycles. The number of nitrogens with zero attached hydrogens (tertiary/aromatic N) is 1. The number of carbonyl (C=O) groups is 1. The van der Waals surface area contributed by atoms with Crippen molar-refractivity contribution in [3.8, 4) is 0 Å². The number of hydrogen-bond acceptors (Lipinski definition) is 5. The number of ether oxygens (including phenoxy) is 1. The molecule has 0 spiro atoms. The first-order chi connectivity index (χ1) is 10.2. The van der Waals surface area contributed by atoms with E-state index in [-0.39, 0.29) is 5.97 Å². The van der Waals surface area contributed by atoms with E-state index in [9.17, 15) is 4.79 Å². The van der Waals surface area contributed by atoms with Gasteiger partial charge in [-0.25, -0.2) is 0 Å². The van der Waals surface area contributed by atoms with Gasteiger partial charge in [-0.15, -0.1) is 0 Å². The Hall–Kier alpha value is -1.40. The summed E-state index contributed by atoms with van der Waals surface area (Å²) in [5, 5.41) is 0. The Bertz CT molecular complexity index is 594. The number of pyridine rings is 1. The van der Waals surface area contributed by atoms with Crippen molar-refractivity contribution in [1.82, 2.24) is 4.98 Å². The molecule has 22 heavy (non-hydrogen) atoms. The summed E-state index contributed by atoms with van der Waals surface area (Å²) in [4.78, 5) is 16.3. The van der Waals surface area contributed by atoms with Crippen molar-refractivity contribution in [3.05, 3.63) is 24.0 Å². The molecule has 118 valence electrons. The van der Waals surface area contributed by atoms with Gasteiger partial charge in [0.2, 0.25) is 0 Å². The largest absolute Gasteiger partial charge is 0.496 e. The van der Waals surface area contributed by atoms with E-state index in [1.807, 2.05) is 33.8 Å². The molecule has 3 rings (SSSR count). The minimum absolute atomic E-state index is 0.194. The van der Waals surface area contributed by atoms with Crippen molar-refractivity contribution < 1.29 is 18.8 Å².